The molecule has 1 N–H and O–H groups in total. The lowest BCUT2D eigenvalue weighted by molar-refractivity contribution is 0.0934. The molecule has 2 aromatic carbocycles. The van der Waals surface area contributed by atoms with Crippen molar-refractivity contribution in [2.24, 2.45) is 0 Å². The molecule has 0 spiro atoms. The Morgan fingerprint density at radius 1 is 1.09 bits per heavy atom. The van der Waals surface area contributed by atoms with E-state index < -0.39 is 21.6 Å². The molecule has 1 fully saturated rings. The van der Waals surface area contributed by atoms with Gasteiger partial charge in [-0.1, -0.05) is 37.3 Å². The molecule has 3 aromatic rings. The van der Waals surface area contributed by atoms with Crippen LogP contribution in [0.1, 0.15) is 52.5 Å². The van der Waals surface area contributed by atoms with Crippen molar-refractivity contribution < 1.29 is 22.4 Å². The van der Waals surface area contributed by atoms with Crippen LogP contribution in [-0.2, 0) is 16.4 Å². The number of hydrogen-bond donors (Lipinski definition) is 1. The van der Waals surface area contributed by atoms with Crippen LogP contribution in [0.5, 0.6) is 0 Å². The van der Waals surface area contributed by atoms with E-state index in [0.717, 1.165) is 5.56 Å². The zero-order chi connectivity index (χ0) is 22.9. The fourth-order valence-corrected chi connectivity index (χ4v) is 5.60. The van der Waals surface area contributed by atoms with E-state index in [-0.39, 0.29) is 34.3 Å². The molecule has 0 unspecified atom stereocenters. The second-order valence-corrected chi connectivity index (χ2v) is 10.5. The molecule has 32 heavy (non-hydrogen) atoms. The molecule has 8 heteroatoms. The Labute approximate surface area is 186 Å². The Morgan fingerprint density at radius 2 is 1.78 bits per heavy atom. The topological polar surface area (TPSA) is 85.2 Å². The Morgan fingerprint density at radius 3 is 2.44 bits per heavy atom. The van der Waals surface area contributed by atoms with Gasteiger partial charge in [-0.2, -0.15) is 0 Å². The molecule has 2 heterocycles. The van der Waals surface area contributed by atoms with Crippen molar-refractivity contribution in [2.75, 3.05) is 11.5 Å². The number of hydrogen-bond acceptors (Lipinski definition) is 4. The summed E-state index contributed by atoms with van der Waals surface area (Å²) < 4.78 is 39.8. The lowest BCUT2D eigenvalue weighted by Crippen LogP contribution is -2.40. The number of rotatable bonds is 6. The maximum absolute atomic E-state index is 14.7. The van der Waals surface area contributed by atoms with Crippen molar-refractivity contribution in [1.82, 2.24) is 9.88 Å². The number of amides is 1. The van der Waals surface area contributed by atoms with Crippen molar-refractivity contribution in [3.63, 3.8) is 0 Å². The highest BCUT2D eigenvalue weighted by molar-refractivity contribution is 7.91. The molecule has 0 aliphatic carbocycles. The van der Waals surface area contributed by atoms with Crippen LogP contribution in [0.4, 0.5) is 4.39 Å². The molecule has 1 aromatic heterocycles. The molecular weight excluding hydrogens is 431 g/mol. The van der Waals surface area contributed by atoms with Crippen LogP contribution in [0.2, 0.25) is 0 Å². The predicted octanol–water partition coefficient (Wildman–Crippen LogP) is 3.73. The van der Waals surface area contributed by atoms with E-state index in [0.29, 0.717) is 36.9 Å². The standard InChI is InChI=1S/C24H25FN2O4S/c1-2-22(28)17-8-6-16(7-9-17)14-27-15-19(23-20(25)4-3-5-21(23)27)24(29)26-18-10-12-32(30,31)13-11-18/h3-9,15,18H,2,10-14H2,1H3,(H,26,29). The van der Waals surface area contributed by atoms with E-state index in [2.05, 4.69) is 5.32 Å². The first-order chi connectivity index (χ1) is 15.3. The number of carbonyl (C=O) groups is 2. The van der Waals surface area contributed by atoms with E-state index in [1.807, 2.05) is 23.6 Å². The van der Waals surface area contributed by atoms with Crippen LogP contribution in [0.15, 0.2) is 48.7 Å². The third-order valence-electron chi connectivity index (χ3n) is 5.94. The van der Waals surface area contributed by atoms with E-state index in [9.17, 15) is 22.4 Å². The Hall–Kier alpha value is -3.00. The normalized spacial score (nSPS) is 16.2. The highest BCUT2D eigenvalue weighted by Crippen LogP contribution is 2.26. The van der Waals surface area contributed by atoms with Crippen molar-refractivity contribution in [1.29, 1.82) is 0 Å². The summed E-state index contributed by atoms with van der Waals surface area (Å²) in [6.07, 6.45) is 2.79. The summed E-state index contributed by atoms with van der Waals surface area (Å²) in [6, 6.07) is 11.7. The molecule has 168 valence electrons. The molecule has 0 bridgehead atoms. The number of ketones is 1. The van der Waals surface area contributed by atoms with Crippen LogP contribution >= 0.6 is 0 Å². The Bertz CT molecular complexity index is 1270. The number of carbonyl (C=O) groups excluding carboxylic acids is 2. The van der Waals surface area contributed by atoms with E-state index in [1.165, 1.54) is 6.07 Å². The Kier molecular flexibility index (Phi) is 6.15. The monoisotopic (exact) mass is 456 g/mol. The first kappa shape index (κ1) is 22.2. The molecule has 1 amide bonds. The molecule has 1 saturated heterocycles. The zero-order valence-electron chi connectivity index (χ0n) is 17.8. The number of aromatic nitrogens is 1. The first-order valence-corrected chi connectivity index (χ1v) is 12.5. The van der Waals surface area contributed by atoms with Crippen molar-refractivity contribution >= 4 is 32.4 Å². The summed E-state index contributed by atoms with van der Waals surface area (Å²) in [5.74, 6) is -0.733. The van der Waals surface area contributed by atoms with Crippen LogP contribution in [0.25, 0.3) is 10.9 Å². The summed E-state index contributed by atoms with van der Waals surface area (Å²) in [7, 11) is -3.03. The molecule has 1 aliphatic rings. The van der Waals surface area contributed by atoms with E-state index in [1.54, 1.807) is 30.5 Å². The van der Waals surface area contributed by atoms with Gasteiger partial charge in [0.15, 0.2) is 5.78 Å². The van der Waals surface area contributed by atoms with Gasteiger partial charge in [0.05, 0.1) is 22.6 Å². The number of benzene rings is 2. The summed E-state index contributed by atoms with van der Waals surface area (Å²) in [6.45, 7) is 2.23. The van der Waals surface area contributed by atoms with E-state index >= 15 is 0 Å². The molecule has 1 aliphatic heterocycles. The smallest absolute Gasteiger partial charge is 0.253 e. The number of Topliss-reactive ketones (excluding diaryl/α,β-unsaturated/α-hetero) is 1. The number of fused-ring (bicyclic) bond motifs is 1. The molecule has 0 atom stereocenters. The van der Waals surface area contributed by atoms with Gasteiger partial charge in [0.1, 0.15) is 15.7 Å². The van der Waals surface area contributed by atoms with Crippen molar-refractivity contribution in [2.45, 2.75) is 38.8 Å². The molecule has 4 rings (SSSR count). The van der Waals surface area contributed by atoms with Gasteiger partial charge in [-0.05, 0) is 30.5 Å². The van der Waals surface area contributed by atoms with Crippen LogP contribution in [0.3, 0.4) is 0 Å². The van der Waals surface area contributed by atoms with Crippen molar-refractivity contribution in [3.8, 4) is 0 Å². The van der Waals surface area contributed by atoms with Gasteiger partial charge in [-0.15, -0.1) is 0 Å². The average Bonchev–Trinajstić information content (AvgIpc) is 3.15. The maximum Gasteiger partial charge on any atom is 0.253 e. The van der Waals surface area contributed by atoms with Crippen LogP contribution < -0.4 is 5.32 Å². The van der Waals surface area contributed by atoms with Gasteiger partial charge in [-0.3, -0.25) is 9.59 Å². The van der Waals surface area contributed by atoms with Gasteiger partial charge in [0.25, 0.3) is 5.91 Å². The summed E-state index contributed by atoms with van der Waals surface area (Å²) in [4.78, 5) is 24.8. The second kappa shape index (κ2) is 8.86. The third kappa shape index (κ3) is 4.60. The number of sulfone groups is 1. The van der Waals surface area contributed by atoms with Crippen molar-refractivity contribution in [3.05, 3.63) is 71.2 Å². The summed E-state index contributed by atoms with van der Waals surface area (Å²) in [5, 5.41) is 3.12. The minimum Gasteiger partial charge on any atom is -0.349 e. The van der Waals surface area contributed by atoms with Gasteiger partial charge < -0.3 is 9.88 Å². The fourth-order valence-electron chi connectivity index (χ4n) is 4.11. The average molecular weight is 457 g/mol. The number of halogens is 1. The highest BCUT2D eigenvalue weighted by atomic mass is 32.2. The maximum atomic E-state index is 14.7. The predicted molar refractivity (Wildman–Crippen MR) is 121 cm³/mol. The number of nitrogens with one attached hydrogen (secondary N) is 1. The summed E-state index contributed by atoms with van der Waals surface area (Å²) in [5.41, 5.74) is 2.39. The summed E-state index contributed by atoms with van der Waals surface area (Å²) >= 11 is 0. The minimum atomic E-state index is -3.03. The first-order valence-electron chi connectivity index (χ1n) is 10.7. The Balaban J connectivity index is 1.60. The lowest BCUT2D eigenvalue weighted by Gasteiger charge is -2.22. The van der Waals surface area contributed by atoms with Crippen LogP contribution in [-0.4, -0.2) is 42.2 Å². The van der Waals surface area contributed by atoms with E-state index in [4.69, 9.17) is 0 Å². The largest absolute Gasteiger partial charge is 0.349 e. The molecule has 6 nitrogen and oxygen atoms in total. The minimum absolute atomic E-state index is 0.0462. The fraction of sp³-hybridized carbons (Fsp3) is 0.333. The van der Waals surface area contributed by atoms with Gasteiger partial charge in [0.2, 0.25) is 0 Å². The highest BCUT2D eigenvalue weighted by Gasteiger charge is 2.26. The molecule has 0 radical (unpaired) electrons. The van der Waals surface area contributed by atoms with Crippen LogP contribution in [0, 0.1) is 5.82 Å². The molecular formula is C24H25FN2O4S. The quantitative estimate of drug-likeness (QED) is 0.573. The van der Waals surface area contributed by atoms with Gasteiger partial charge >= 0.3 is 0 Å². The SMILES string of the molecule is CCC(=O)c1ccc(Cn2cc(C(=O)NC3CCS(=O)(=O)CC3)c3c(F)cccc32)cc1. The zero-order valence-corrected chi connectivity index (χ0v) is 18.6. The van der Waals surface area contributed by atoms with Gasteiger partial charge in [-0.25, -0.2) is 12.8 Å². The second-order valence-electron chi connectivity index (χ2n) is 8.18. The third-order valence-corrected chi connectivity index (χ3v) is 7.66. The van der Waals surface area contributed by atoms with Gasteiger partial charge in [0, 0.05) is 36.2 Å². The lowest BCUT2D eigenvalue weighted by atomic mass is 10.1. The number of nitrogens with zero attached hydrogens (tertiary/aromatic N) is 1. The molecule has 0 saturated carbocycles.